The molecule has 0 saturated heterocycles. The third kappa shape index (κ3) is 5.49. The summed E-state index contributed by atoms with van der Waals surface area (Å²) in [7, 11) is -3.94. The van der Waals surface area contributed by atoms with Crippen LogP contribution >= 0.6 is 0 Å². The van der Waals surface area contributed by atoms with Crippen molar-refractivity contribution in [2.24, 2.45) is 5.41 Å². The largest absolute Gasteiger partial charge is 0.384 e. The third-order valence-electron chi connectivity index (χ3n) is 5.16. The lowest BCUT2D eigenvalue weighted by molar-refractivity contribution is -0.124. The molecule has 0 aliphatic heterocycles. The van der Waals surface area contributed by atoms with Crippen LogP contribution in [0.3, 0.4) is 0 Å². The minimum absolute atomic E-state index is 0.000434. The highest BCUT2D eigenvalue weighted by molar-refractivity contribution is 7.92. The molecule has 2 heterocycles. The van der Waals surface area contributed by atoms with Gasteiger partial charge in [0, 0.05) is 11.3 Å². The van der Waals surface area contributed by atoms with Crippen LogP contribution in [0.5, 0.6) is 0 Å². The average Bonchev–Trinajstić information content (AvgIpc) is 3.34. The van der Waals surface area contributed by atoms with Crippen LogP contribution < -0.4 is 15.8 Å². The number of amides is 1. The van der Waals surface area contributed by atoms with Crippen molar-refractivity contribution in [2.45, 2.75) is 18.7 Å². The first kappa shape index (κ1) is 24.8. The van der Waals surface area contributed by atoms with Crippen molar-refractivity contribution in [3.63, 3.8) is 0 Å². The molecular formula is C24H23FN6O4S. The number of carbonyl (C=O) groups is 1. The fraction of sp³-hybridized carbons (Fsp3) is 0.167. The molecule has 0 unspecified atom stereocenters. The van der Waals surface area contributed by atoms with E-state index in [1.165, 1.54) is 38.1 Å². The van der Waals surface area contributed by atoms with Crippen LogP contribution in [-0.2, 0) is 14.8 Å². The van der Waals surface area contributed by atoms with Crippen LogP contribution in [0.15, 0.2) is 76.1 Å². The van der Waals surface area contributed by atoms with E-state index >= 15 is 0 Å². The smallest absolute Gasteiger partial charge is 0.276 e. The minimum Gasteiger partial charge on any atom is -0.384 e. The van der Waals surface area contributed by atoms with E-state index in [0.717, 1.165) is 0 Å². The van der Waals surface area contributed by atoms with Crippen molar-refractivity contribution in [3.8, 4) is 23.0 Å². The molecule has 0 aliphatic rings. The molecule has 0 aliphatic carbocycles. The number of nitrogens with one attached hydrogen (secondary N) is 2. The molecular weight excluding hydrogens is 487 g/mol. The van der Waals surface area contributed by atoms with Crippen LogP contribution in [-0.4, -0.2) is 36.1 Å². The molecule has 12 heteroatoms. The molecule has 0 spiro atoms. The molecule has 0 radical (unpaired) electrons. The summed E-state index contributed by atoms with van der Waals surface area (Å²) in [5.41, 5.74) is 5.99. The number of anilines is 3. The van der Waals surface area contributed by atoms with E-state index < -0.39 is 28.0 Å². The molecule has 2 aromatic carbocycles. The highest BCUT2D eigenvalue weighted by Crippen LogP contribution is 2.25. The predicted octanol–water partition coefficient (Wildman–Crippen LogP) is 4.12. The van der Waals surface area contributed by atoms with Gasteiger partial charge in [-0.15, -0.1) is 0 Å². The lowest BCUT2D eigenvalue weighted by atomic mass is 9.94. The quantitative estimate of drug-likeness (QED) is 0.320. The zero-order valence-corrected chi connectivity index (χ0v) is 20.2. The Labute approximate surface area is 206 Å². The molecule has 186 valence electrons. The number of hydrogen-bond donors (Lipinski definition) is 3. The number of rotatable bonds is 8. The number of sulfonamides is 1. The summed E-state index contributed by atoms with van der Waals surface area (Å²) in [6.45, 7) is 2.12. The standard InChI is InChI=1S/C24H23FN6O4S/c1-24(2,14-25)23(32)27-16-5-3-6-17(13-16)31-36(33,34)18-11-9-15(10-12-18)21-29-22(35-30-21)19-7-4-8-20(26)28-19/h3-13,31H,14H2,1-2H3,(H2,26,28)(H,27,32). The van der Waals surface area contributed by atoms with Gasteiger partial charge in [-0.05, 0) is 68.4 Å². The van der Waals surface area contributed by atoms with E-state index in [-0.39, 0.29) is 22.3 Å². The second-order valence-electron chi connectivity index (χ2n) is 8.55. The van der Waals surface area contributed by atoms with Gasteiger partial charge in [-0.3, -0.25) is 9.52 Å². The lowest BCUT2D eigenvalue weighted by Crippen LogP contribution is -2.32. The molecule has 4 rings (SSSR count). The number of carbonyl (C=O) groups excluding carboxylic acids is 1. The zero-order valence-electron chi connectivity index (χ0n) is 19.4. The van der Waals surface area contributed by atoms with E-state index in [1.54, 1.807) is 42.5 Å². The molecule has 10 nitrogen and oxygen atoms in total. The Morgan fingerprint density at radius 2 is 1.72 bits per heavy atom. The van der Waals surface area contributed by atoms with Crippen molar-refractivity contribution >= 4 is 33.1 Å². The molecule has 1 amide bonds. The van der Waals surface area contributed by atoms with Gasteiger partial charge >= 0.3 is 0 Å². The van der Waals surface area contributed by atoms with Gasteiger partial charge in [0.15, 0.2) is 0 Å². The Balaban J connectivity index is 1.49. The lowest BCUT2D eigenvalue weighted by Gasteiger charge is -2.19. The SMILES string of the molecule is CC(C)(CF)C(=O)Nc1cccc(NS(=O)(=O)c2ccc(-c3noc(-c4cccc(N)n4)n3)cc2)c1. The van der Waals surface area contributed by atoms with Gasteiger partial charge in [-0.2, -0.15) is 4.98 Å². The van der Waals surface area contributed by atoms with Crippen molar-refractivity contribution in [1.82, 2.24) is 15.1 Å². The summed E-state index contributed by atoms with van der Waals surface area (Å²) in [6, 6.07) is 17.1. The van der Waals surface area contributed by atoms with Crippen LogP contribution in [0.1, 0.15) is 13.8 Å². The fourth-order valence-electron chi connectivity index (χ4n) is 3.03. The predicted molar refractivity (Wildman–Crippen MR) is 133 cm³/mol. The summed E-state index contributed by atoms with van der Waals surface area (Å²) in [4.78, 5) is 20.6. The van der Waals surface area contributed by atoms with E-state index in [2.05, 4.69) is 25.2 Å². The number of halogens is 1. The summed E-state index contributed by atoms with van der Waals surface area (Å²) < 4.78 is 46.6. The first-order valence-corrected chi connectivity index (χ1v) is 12.2. The summed E-state index contributed by atoms with van der Waals surface area (Å²) in [6.07, 6.45) is 0. The molecule has 4 N–H and O–H groups in total. The van der Waals surface area contributed by atoms with Crippen molar-refractivity contribution in [3.05, 3.63) is 66.7 Å². The van der Waals surface area contributed by atoms with E-state index in [4.69, 9.17) is 10.3 Å². The highest BCUT2D eigenvalue weighted by atomic mass is 32.2. The second-order valence-corrected chi connectivity index (χ2v) is 10.2. The number of pyridine rings is 1. The Morgan fingerprint density at radius 1 is 1.03 bits per heavy atom. The van der Waals surface area contributed by atoms with Crippen LogP contribution in [0.25, 0.3) is 23.0 Å². The summed E-state index contributed by atoms with van der Waals surface area (Å²) in [5, 5.41) is 6.51. The second kappa shape index (κ2) is 9.74. The number of benzene rings is 2. The van der Waals surface area contributed by atoms with Gasteiger partial charge in [-0.25, -0.2) is 17.8 Å². The van der Waals surface area contributed by atoms with Gasteiger partial charge in [0.2, 0.25) is 11.7 Å². The van der Waals surface area contributed by atoms with Crippen molar-refractivity contribution in [1.29, 1.82) is 0 Å². The number of nitrogen functional groups attached to an aromatic ring is 1. The van der Waals surface area contributed by atoms with Gasteiger partial charge in [-0.1, -0.05) is 17.3 Å². The Kier molecular flexibility index (Phi) is 6.71. The van der Waals surface area contributed by atoms with E-state index in [0.29, 0.717) is 22.8 Å². The van der Waals surface area contributed by atoms with Gasteiger partial charge < -0.3 is 15.6 Å². The van der Waals surface area contributed by atoms with Crippen LogP contribution in [0.2, 0.25) is 0 Å². The Bertz CT molecular complexity index is 1500. The first-order chi connectivity index (χ1) is 17.1. The highest BCUT2D eigenvalue weighted by Gasteiger charge is 2.27. The maximum atomic E-state index is 13.1. The molecule has 36 heavy (non-hydrogen) atoms. The molecule has 0 fully saturated rings. The number of hydrogen-bond acceptors (Lipinski definition) is 8. The van der Waals surface area contributed by atoms with Crippen molar-refractivity contribution in [2.75, 3.05) is 22.4 Å². The monoisotopic (exact) mass is 510 g/mol. The average molecular weight is 511 g/mol. The first-order valence-electron chi connectivity index (χ1n) is 10.7. The molecule has 2 aromatic heterocycles. The van der Waals surface area contributed by atoms with Crippen LogP contribution in [0, 0.1) is 5.41 Å². The normalized spacial score (nSPS) is 11.8. The number of alkyl halides is 1. The summed E-state index contributed by atoms with van der Waals surface area (Å²) in [5.74, 6) is 0.228. The minimum atomic E-state index is -3.94. The maximum absolute atomic E-state index is 13.1. The van der Waals surface area contributed by atoms with Gasteiger partial charge in [0.1, 0.15) is 18.2 Å². The van der Waals surface area contributed by atoms with Crippen LogP contribution in [0.4, 0.5) is 21.6 Å². The maximum Gasteiger partial charge on any atom is 0.276 e. The molecule has 0 saturated carbocycles. The number of nitrogens with two attached hydrogens (primary N) is 1. The fourth-order valence-corrected chi connectivity index (χ4v) is 4.08. The van der Waals surface area contributed by atoms with Crippen molar-refractivity contribution < 1.29 is 22.1 Å². The Morgan fingerprint density at radius 3 is 2.42 bits per heavy atom. The van der Waals surface area contributed by atoms with Gasteiger partial charge in [0.25, 0.3) is 15.9 Å². The number of aromatic nitrogens is 3. The van der Waals surface area contributed by atoms with Gasteiger partial charge in [0.05, 0.1) is 16.0 Å². The molecule has 0 bridgehead atoms. The topological polar surface area (TPSA) is 153 Å². The third-order valence-corrected chi connectivity index (χ3v) is 6.56. The molecule has 0 atom stereocenters. The number of nitrogens with zero attached hydrogens (tertiary/aromatic N) is 3. The van der Waals surface area contributed by atoms with E-state index in [1.807, 2.05) is 0 Å². The summed E-state index contributed by atoms with van der Waals surface area (Å²) >= 11 is 0. The zero-order chi connectivity index (χ0) is 25.9. The molecule has 4 aromatic rings. The Hall–Kier alpha value is -4.32. The van der Waals surface area contributed by atoms with E-state index in [9.17, 15) is 17.6 Å².